The lowest BCUT2D eigenvalue weighted by Gasteiger charge is -2.44. The van der Waals surface area contributed by atoms with Crippen molar-refractivity contribution in [3.63, 3.8) is 0 Å². The summed E-state index contributed by atoms with van der Waals surface area (Å²) in [5.74, 6) is -1.94. The van der Waals surface area contributed by atoms with Crippen LogP contribution in [0.3, 0.4) is 0 Å². The molecule has 0 bridgehead atoms. The predicted octanol–water partition coefficient (Wildman–Crippen LogP) is 6.68. The molecule has 44 heavy (non-hydrogen) atoms. The Kier molecular flexibility index (Phi) is 7.45. The molecule has 1 aliphatic carbocycles. The van der Waals surface area contributed by atoms with Gasteiger partial charge in [0.2, 0.25) is 5.91 Å². The maximum Gasteiger partial charge on any atom is 0.249 e. The zero-order valence-corrected chi connectivity index (χ0v) is 25.9. The number of rotatable bonds is 6. The van der Waals surface area contributed by atoms with Gasteiger partial charge in [-0.3, -0.25) is 14.5 Å². The van der Waals surface area contributed by atoms with Crippen molar-refractivity contribution in [2.75, 3.05) is 4.90 Å². The average molecular weight is 608 g/mol. The highest BCUT2D eigenvalue weighted by atomic mass is 32.2. The van der Waals surface area contributed by atoms with Gasteiger partial charge in [0.1, 0.15) is 16.7 Å². The summed E-state index contributed by atoms with van der Waals surface area (Å²) in [6, 6.07) is 23.7. The third-order valence-corrected chi connectivity index (χ3v) is 9.29. The number of para-hydroxylation sites is 1. The monoisotopic (exact) mass is 607 g/mol. The Morgan fingerprint density at radius 2 is 1.61 bits per heavy atom. The number of Topliss-reactive ketones (excluding diaryl/α,β-unsaturated/α-hetero) is 1. The number of carbonyl (C=O) groups is 2. The summed E-state index contributed by atoms with van der Waals surface area (Å²) >= 11 is 1.51. The van der Waals surface area contributed by atoms with Crippen molar-refractivity contribution in [2.45, 2.75) is 56.4 Å². The molecule has 6 rings (SSSR count). The summed E-state index contributed by atoms with van der Waals surface area (Å²) in [5, 5.41) is 5.72. The molecule has 0 fully saturated rings. The van der Waals surface area contributed by atoms with Crippen molar-refractivity contribution in [2.24, 2.45) is 16.9 Å². The number of nitrogens with zero attached hydrogens (tertiary/aromatic N) is 3. The smallest absolute Gasteiger partial charge is 0.249 e. The summed E-state index contributed by atoms with van der Waals surface area (Å²) in [4.78, 5) is 30.3. The number of carbonyl (C=O) groups excluding carboxylic acids is 2. The Morgan fingerprint density at radius 3 is 2.25 bits per heavy atom. The number of amides is 1. The van der Waals surface area contributed by atoms with Crippen LogP contribution >= 0.6 is 11.8 Å². The standard InChI is InChI=1S/C35H34FN5O2S/c1-20-10-16-25(17-11-20)44-34-28(21(2)39-41(34)24-8-6-5-7-9-24)30-29-26(18-35(3,4)19-27(29)42)40(32(37)31(30)33(38)43)23-14-12-22(36)13-15-23/h5-17,30H,18-19,37H2,1-4H3,(H2,38,43). The summed E-state index contributed by atoms with van der Waals surface area (Å²) in [6.07, 6.45) is 0.804. The second-order valence-electron chi connectivity index (χ2n) is 12.2. The van der Waals surface area contributed by atoms with E-state index in [1.807, 2.05) is 87.0 Å². The van der Waals surface area contributed by atoms with E-state index in [-0.39, 0.29) is 29.0 Å². The lowest BCUT2D eigenvalue weighted by Crippen LogP contribution is -2.44. The number of aromatic nitrogens is 2. The topological polar surface area (TPSA) is 107 Å². The van der Waals surface area contributed by atoms with Crippen molar-refractivity contribution in [3.8, 4) is 5.69 Å². The quantitative estimate of drug-likeness (QED) is 0.253. The molecule has 1 aliphatic heterocycles. The first kappa shape index (κ1) is 29.4. The number of aryl methyl sites for hydroxylation is 2. The summed E-state index contributed by atoms with van der Waals surface area (Å²) in [6.45, 7) is 7.98. The fraction of sp³-hybridized carbons (Fsp3) is 0.229. The van der Waals surface area contributed by atoms with E-state index in [0.717, 1.165) is 21.2 Å². The molecule has 1 atom stereocenters. The molecular formula is C35H34FN5O2S. The van der Waals surface area contributed by atoms with Gasteiger partial charge in [-0.25, -0.2) is 9.07 Å². The van der Waals surface area contributed by atoms with Crippen molar-refractivity contribution < 1.29 is 14.0 Å². The van der Waals surface area contributed by atoms with E-state index in [1.54, 1.807) is 17.0 Å². The van der Waals surface area contributed by atoms with Gasteiger partial charge in [0.25, 0.3) is 0 Å². The van der Waals surface area contributed by atoms with Crippen LogP contribution < -0.4 is 16.4 Å². The summed E-state index contributed by atoms with van der Waals surface area (Å²) < 4.78 is 15.8. The van der Waals surface area contributed by atoms with Gasteiger partial charge >= 0.3 is 0 Å². The van der Waals surface area contributed by atoms with E-state index in [2.05, 4.69) is 0 Å². The second-order valence-corrected chi connectivity index (χ2v) is 13.2. The van der Waals surface area contributed by atoms with Crippen LogP contribution in [0, 0.1) is 25.1 Å². The second kappa shape index (κ2) is 11.1. The van der Waals surface area contributed by atoms with Crippen LogP contribution in [0.15, 0.2) is 111 Å². The third-order valence-electron chi connectivity index (χ3n) is 8.20. The lowest BCUT2D eigenvalue weighted by molar-refractivity contribution is -0.118. The zero-order chi connectivity index (χ0) is 31.3. The minimum atomic E-state index is -0.840. The first-order valence-corrected chi connectivity index (χ1v) is 15.3. The molecule has 4 N–H and O–H groups in total. The van der Waals surface area contributed by atoms with Crippen LogP contribution in [0.4, 0.5) is 10.1 Å². The van der Waals surface area contributed by atoms with Crippen molar-refractivity contribution >= 4 is 29.1 Å². The SMILES string of the molecule is Cc1ccc(Sc2c(C3C(C(N)=O)=C(N)N(c4ccc(F)cc4)C4=C3C(=O)CC(C)(C)C4)c(C)nn2-c2ccccc2)cc1. The highest BCUT2D eigenvalue weighted by Crippen LogP contribution is 2.52. The fourth-order valence-electron chi connectivity index (χ4n) is 6.24. The van der Waals surface area contributed by atoms with Crippen LogP contribution in [0.5, 0.6) is 0 Å². The Hall–Kier alpha value is -4.63. The molecule has 224 valence electrons. The van der Waals surface area contributed by atoms with E-state index in [0.29, 0.717) is 34.6 Å². The van der Waals surface area contributed by atoms with Crippen LogP contribution in [0.1, 0.15) is 49.4 Å². The number of allylic oxidation sites excluding steroid dienone is 2. The van der Waals surface area contributed by atoms with Crippen LogP contribution in [0.25, 0.3) is 5.69 Å². The number of halogens is 1. The molecule has 1 unspecified atom stereocenters. The molecule has 1 aromatic heterocycles. The number of benzene rings is 3. The minimum Gasteiger partial charge on any atom is -0.384 e. The Balaban J connectivity index is 1.65. The fourth-order valence-corrected chi connectivity index (χ4v) is 7.34. The molecule has 1 amide bonds. The Bertz CT molecular complexity index is 1840. The maximum absolute atomic E-state index is 14.2. The Morgan fingerprint density at radius 1 is 0.955 bits per heavy atom. The average Bonchev–Trinajstić information content (AvgIpc) is 3.29. The first-order valence-electron chi connectivity index (χ1n) is 14.5. The van der Waals surface area contributed by atoms with Gasteiger partial charge in [-0.05, 0) is 74.2 Å². The van der Waals surface area contributed by atoms with Gasteiger partial charge in [-0.15, -0.1) is 0 Å². The van der Waals surface area contributed by atoms with Gasteiger partial charge in [-0.2, -0.15) is 5.10 Å². The number of nitrogens with two attached hydrogens (primary N) is 2. The van der Waals surface area contributed by atoms with E-state index < -0.39 is 17.6 Å². The lowest BCUT2D eigenvalue weighted by atomic mass is 9.68. The van der Waals surface area contributed by atoms with Gasteiger partial charge in [-0.1, -0.05) is 61.5 Å². The number of anilines is 1. The van der Waals surface area contributed by atoms with Crippen LogP contribution in [0.2, 0.25) is 0 Å². The Labute approximate surface area is 260 Å². The number of primary amides is 1. The van der Waals surface area contributed by atoms with Gasteiger partial charge in [0, 0.05) is 33.8 Å². The number of ketones is 1. The molecular weight excluding hydrogens is 573 g/mol. The molecule has 0 radical (unpaired) electrons. The first-order chi connectivity index (χ1) is 20.9. The van der Waals surface area contributed by atoms with Crippen molar-refractivity contribution in [3.05, 3.63) is 124 Å². The van der Waals surface area contributed by atoms with E-state index in [4.69, 9.17) is 16.6 Å². The molecule has 3 aromatic carbocycles. The molecule has 9 heteroatoms. The largest absolute Gasteiger partial charge is 0.384 e. The molecule has 2 aliphatic rings. The van der Waals surface area contributed by atoms with Crippen molar-refractivity contribution in [1.29, 1.82) is 0 Å². The summed E-state index contributed by atoms with van der Waals surface area (Å²) in [5.41, 5.74) is 17.8. The van der Waals surface area contributed by atoms with E-state index in [1.165, 1.54) is 23.9 Å². The predicted molar refractivity (Wildman–Crippen MR) is 171 cm³/mol. The zero-order valence-electron chi connectivity index (χ0n) is 25.1. The van der Waals surface area contributed by atoms with Crippen LogP contribution in [-0.4, -0.2) is 21.5 Å². The normalized spacial score (nSPS) is 18.1. The van der Waals surface area contributed by atoms with Crippen LogP contribution in [-0.2, 0) is 9.59 Å². The van der Waals surface area contributed by atoms with E-state index >= 15 is 0 Å². The maximum atomic E-state index is 14.2. The summed E-state index contributed by atoms with van der Waals surface area (Å²) in [7, 11) is 0. The van der Waals surface area contributed by atoms with Gasteiger partial charge < -0.3 is 11.5 Å². The van der Waals surface area contributed by atoms with E-state index in [9.17, 15) is 14.0 Å². The highest BCUT2D eigenvalue weighted by molar-refractivity contribution is 7.99. The third kappa shape index (κ3) is 5.21. The molecule has 0 saturated carbocycles. The highest BCUT2D eigenvalue weighted by Gasteiger charge is 2.47. The minimum absolute atomic E-state index is 0.0854. The number of hydrogen-bond donors (Lipinski definition) is 2. The molecule has 4 aromatic rings. The molecule has 0 saturated heterocycles. The number of hydrogen-bond acceptors (Lipinski definition) is 6. The molecule has 7 nitrogen and oxygen atoms in total. The van der Waals surface area contributed by atoms with Crippen molar-refractivity contribution in [1.82, 2.24) is 9.78 Å². The molecule has 0 spiro atoms. The molecule has 2 heterocycles. The van der Waals surface area contributed by atoms with Gasteiger partial charge in [0.05, 0.1) is 22.9 Å². The van der Waals surface area contributed by atoms with Gasteiger partial charge in [0.15, 0.2) is 5.78 Å².